The van der Waals surface area contributed by atoms with Crippen LogP contribution >= 0.6 is 11.6 Å². The van der Waals surface area contributed by atoms with Gasteiger partial charge in [0, 0.05) is 0 Å². The SMILES string of the molecule is COc1cc(/C=C2\C(=O)NC(=O)N(c3ccccc3)C2=O)cc(Cl)c1OCc1ccccc1. The molecule has 1 fully saturated rings. The van der Waals surface area contributed by atoms with Gasteiger partial charge < -0.3 is 9.47 Å². The van der Waals surface area contributed by atoms with E-state index >= 15 is 0 Å². The maximum absolute atomic E-state index is 13.0. The molecule has 0 bridgehead atoms. The minimum Gasteiger partial charge on any atom is -0.493 e. The molecule has 1 aliphatic rings. The van der Waals surface area contributed by atoms with Gasteiger partial charge in [0.2, 0.25) is 0 Å². The average Bonchev–Trinajstić information content (AvgIpc) is 2.82. The van der Waals surface area contributed by atoms with E-state index in [4.69, 9.17) is 21.1 Å². The Kier molecular flexibility index (Phi) is 6.42. The third-order valence-corrected chi connectivity index (χ3v) is 5.19. The molecule has 8 heteroatoms. The molecule has 3 aromatic rings. The van der Waals surface area contributed by atoms with E-state index in [9.17, 15) is 14.4 Å². The van der Waals surface area contributed by atoms with Gasteiger partial charge in [-0.1, -0.05) is 60.1 Å². The molecule has 4 amide bonds. The third kappa shape index (κ3) is 4.73. The number of methoxy groups -OCH3 is 1. The number of rotatable bonds is 6. The van der Waals surface area contributed by atoms with Gasteiger partial charge in [0.05, 0.1) is 17.8 Å². The first-order valence-electron chi connectivity index (χ1n) is 9.98. The number of hydrogen-bond donors (Lipinski definition) is 1. The Morgan fingerprint density at radius 1 is 0.970 bits per heavy atom. The minimum absolute atomic E-state index is 0.213. The zero-order valence-electron chi connectivity index (χ0n) is 17.6. The lowest BCUT2D eigenvalue weighted by Crippen LogP contribution is -2.54. The molecule has 0 unspecified atom stereocenters. The van der Waals surface area contributed by atoms with E-state index in [1.165, 1.54) is 13.2 Å². The number of hydrogen-bond acceptors (Lipinski definition) is 5. The maximum Gasteiger partial charge on any atom is 0.335 e. The summed E-state index contributed by atoms with van der Waals surface area (Å²) >= 11 is 6.43. The highest BCUT2D eigenvalue weighted by Crippen LogP contribution is 2.37. The van der Waals surface area contributed by atoms with Crippen LogP contribution in [0.25, 0.3) is 6.08 Å². The second-order valence-corrected chi connectivity index (χ2v) is 7.51. The summed E-state index contributed by atoms with van der Waals surface area (Å²) in [4.78, 5) is 38.6. The van der Waals surface area contributed by atoms with Crippen LogP contribution in [0, 0.1) is 0 Å². The maximum atomic E-state index is 13.0. The lowest BCUT2D eigenvalue weighted by atomic mass is 10.1. The van der Waals surface area contributed by atoms with Crippen LogP contribution in [0.2, 0.25) is 5.02 Å². The summed E-state index contributed by atoms with van der Waals surface area (Å²) in [5.74, 6) is -0.860. The van der Waals surface area contributed by atoms with Crippen molar-refractivity contribution in [2.75, 3.05) is 12.0 Å². The molecule has 1 N–H and O–H groups in total. The number of benzene rings is 3. The topological polar surface area (TPSA) is 84.9 Å². The number of imide groups is 2. The number of halogens is 1. The first-order valence-corrected chi connectivity index (χ1v) is 10.4. The van der Waals surface area contributed by atoms with Crippen molar-refractivity contribution >= 4 is 41.2 Å². The largest absolute Gasteiger partial charge is 0.493 e. The summed E-state index contributed by atoms with van der Waals surface area (Å²) in [6.45, 7) is 0.284. The average molecular weight is 463 g/mol. The van der Waals surface area contributed by atoms with Crippen LogP contribution in [0.1, 0.15) is 11.1 Å². The predicted octanol–water partition coefficient (Wildman–Crippen LogP) is 4.59. The van der Waals surface area contributed by atoms with Crippen molar-refractivity contribution in [2.45, 2.75) is 6.61 Å². The van der Waals surface area contributed by atoms with E-state index in [0.717, 1.165) is 10.5 Å². The molecular formula is C25H19ClN2O5. The van der Waals surface area contributed by atoms with Crippen LogP contribution in [0.15, 0.2) is 78.4 Å². The quantitative estimate of drug-likeness (QED) is 0.427. The summed E-state index contributed by atoms with van der Waals surface area (Å²) in [5.41, 5.74) is 1.52. The monoisotopic (exact) mass is 462 g/mol. The smallest absolute Gasteiger partial charge is 0.335 e. The highest BCUT2D eigenvalue weighted by Gasteiger charge is 2.36. The number of ether oxygens (including phenoxy) is 2. The van der Waals surface area contributed by atoms with Crippen molar-refractivity contribution in [3.8, 4) is 11.5 Å². The van der Waals surface area contributed by atoms with Crippen molar-refractivity contribution in [2.24, 2.45) is 0 Å². The van der Waals surface area contributed by atoms with Gasteiger partial charge >= 0.3 is 6.03 Å². The fourth-order valence-electron chi connectivity index (χ4n) is 3.33. The number of anilines is 1. The fourth-order valence-corrected chi connectivity index (χ4v) is 3.60. The molecule has 0 spiro atoms. The number of carbonyl (C=O) groups is 3. The number of para-hydroxylation sites is 1. The Morgan fingerprint density at radius 3 is 2.30 bits per heavy atom. The standard InChI is InChI=1S/C25H19ClN2O5/c1-32-21-14-17(13-20(26)22(21)33-15-16-8-4-2-5-9-16)12-19-23(29)27-25(31)28(24(19)30)18-10-6-3-7-11-18/h2-14H,15H2,1H3,(H,27,29,31)/b19-12+. The summed E-state index contributed by atoms with van der Waals surface area (Å²) in [6, 6.07) is 20.3. The van der Waals surface area contributed by atoms with Gasteiger partial charge in [-0.2, -0.15) is 0 Å². The van der Waals surface area contributed by atoms with E-state index < -0.39 is 17.8 Å². The van der Waals surface area contributed by atoms with Crippen molar-refractivity contribution in [1.82, 2.24) is 5.32 Å². The van der Waals surface area contributed by atoms with Gasteiger partial charge in [-0.3, -0.25) is 14.9 Å². The second kappa shape index (κ2) is 9.58. The van der Waals surface area contributed by atoms with Crippen molar-refractivity contribution in [3.05, 3.63) is 94.5 Å². The van der Waals surface area contributed by atoms with E-state index in [-0.39, 0.29) is 17.2 Å². The molecule has 0 atom stereocenters. The van der Waals surface area contributed by atoms with Crippen LogP contribution < -0.4 is 19.7 Å². The summed E-state index contributed by atoms with van der Waals surface area (Å²) in [5, 5.41) is 2.44. The first kappa shape index (κ1) is 22.1. The Morgan fingerprint density at radius 2 is 1.64 bits per heavy atom. The van der Waals surface area contributed by atoms with E-state index in [1.807, 2.05) is 30.3 Å². The van der Waals surface area contributed by atoms with Gasteiger partial charge in [-0.05, 0) is 41.5 Å². The van der Waals surface area contributed by atoms with Gasteiger partial charge in [-0.25, -0.2) is 9.69 Å². The molecule has 33 heavy (non-hydrogen) atoms. The number of urea groups is 1. The Balaban J connectivity index is 1.64. The van der Waals surface area contributed by atoms with Crippen LogP contribution in [0.4, 0.5) is 10.5 Å². The molecule has 4 rings (SSSR count). The van der Waals surface area contributed by atoms with E-state index in [2.05, 4.69) is 5.32 Å². The molecule has 0 aliphatic carbocycles. The molecular weight excluding hydrogens is 444 g/mol. The predicted molar refractivity (Wildman–Crippen MR) is 124 cm³/mol. The highest BCUT2D eigenvalue weighted by molar-refractivity contribution is 6.39. The fraction of sp³-hybridized carbons (Fsp3) is 0.0800. The molecule has 0 radical (unpaired) electrons. The number of barbiturate groups is 1. The van der Waals surface area contributed by atoms with Crippen molar-refractivity contribution in [3.63, 3.8) is 0 Å². The lowest BCUT2D eigenvalue weighted by Gasteiger charge is -2.26. The normalized spacial score (nSPS) is 14.9. The summed E-state index contributed by atoms with van der Waals surface area (Å²) in [7, 11) is 1.46. The number of nitrogens with one attached hydrogen (secondary N) is 1. The van der Waals surface area contributed by atoms with Crippen molar-refractivity contribution < 1.29 is 23.9 Å². The van der Waals surface area contributed by atoms with Crippen molar-refractivity contribution in [1.29, 1.82) is 0 Å². The Hall–Kier alpha value is -4.10. The number of amides is 4. The van der Waals surface area contributed by atoms with Gasteiger partial charge in [0.15, 0.2) is 11.5 Å². The molecule has 0 saturated carbocycles. The molecule has 7 nitrogen and oxygen atoms in total. The Bertz CT molecular complexity index is 1240. The van der Waals surface area contributed by atoms with Crippen LogP contribution in [0.3, 0.4) is 0 Å². The lowest BCUT2D eigenvalue weighted by molar-refractivity contribution is -0.122. The number of carbonyl (C=O) groups excluding carboxylic acids is 3. The summed E-state index contributed by atoms with van der Waals surface area (Å²) < 4.78 is 11.3. The van der Waals surface area contributed by atoms with Gasteiger partial charge in [-0.15, -0.1) is 0 Å². The molecule has 1 heterocycles. The van der Waals surface area contributed by atoms with Crippen LogP contribution in [0.5, 0.6) is 11.5 Å². The van der Waals surface area contributed by atoms with E-state index in [0.29, 0.717) is 22.7 Å². The zero-order chi connectivity index (χ0) is 23.4. The van der Waals surface area contributed by atoms with E-state index in [1.54, 1.807) is 42.5 Å². The second-order valence-electron chi connectivity index (χ2n) is 7.10. The molecule has 0 aromatic heterocycles. The van der Waals surface area contributed by atoms with Crippen LogP contribution in [-0.4, -0.2) is 25.0 Å². The zero-order valence-corrected chi connectivity index (χ0v) is 18.3. The van der Waals surface area contributed by atoms with Gasteiger partial charge in [0.1, 0.15) is 12.2 Å². The number of nitrogens with zero attached hydrogens (tertiary/aromatic N) is 1. The molecule has 1 saturated heterocycles. The molecule has 1 aliphatic heterocycles. The Labute approximate surface area is 195 Å². The third-order valence-electron chi connectivity index (χ3n) is 4.90. The first-order chi connectivity index (χ1) is 16.0. The van der Waals surface area contributed by atoms with Crippen LogP contribution in [-0.2, 0) is 16.2 Å². The minimum atomic E-state index is -0.811. The molecule has 166 valence electrons. The molecule has 3 aromatic carbocycles. The van der Waals surface area contributed by atoms with Gasteiger partial charge in [0.25, 0.3) is 11.8 Å². The highest BCUT2D eigenvalue weighted by atomic mass is 35.5. The summed E-state index contributed by atoms with van der Waals surface area (Å²) in [6.07, 6.45) is 1.36.